The minimum Gasteiger partial charge on any atom is -0.351 e. The highest BCUT2D eigenvalue weighted by Gasteiger charge is 2.40. The van der Waals surface area contributed by atoms with Crippen LogP contribution in [0.2, 0.25) is 5.02 Å². The van der Waals surface area contributed by atoms with Crippen LogP contribution in [0.4, 0.5) is 0 Å². The molecule has 8 heteroatoms. The summed E-state index contributed by atoms with van der Waals surface area (Å²) in [6.45, 7) is 2.65. The fourth-order valence-corrected chi connectivity index (χ4v) is 3.91. The molecular formula is C13H16BrClN2O3S. The van der Waals surface area contributed by atoms with Crippen LogP contribution in [-0.4, -0.2) is 20.9 Å². The number of nitrogens with one attached hydrogen (secondary N) is 1. The topological polar surface area (TPSA) is 89.3 Å². The molecule has 21 heavy (non-hydrogen) atoms. The SMILES string of the molecule is CCC1(CNC(=O)c2cc(Br)cc(S(N)(=O)=O)c2Cl)CC1. The monoisotopic (exact) mass is 394 g/mol. The maximum Gasteiger partial charge on any atom is 0.252 e. The van der Waals surface area contributed by atoms with Gasteiger partial charge in [-0.2, -0.15) is 0 Å². The van der Waals surface area contributed by atoms with Crippen molar-refractivity contribution in [2.75, 3.05) is 6.54 Å². The first-order valence-corrected chi connectivity index (χ1v) is 9.20. The second-order valence-electron chi connectivity index (χ2n) is 5.35. The zero-order chi connectivity index (χ0) is 15.8. The Morgan fingerprint density at radius 1 is 1.48 bits per heavy atom. The van der Waals surface area contributed by atoms with Gasteiger partial charge in [-0.05, 0) is 36.8 Å². The number of halogens is 2. The first-order chi connectivity index (χ1) is 9.68. The zero-order valence-electron chi connectivity index (χ0n) is 11.4. The van der Waals surface area contributed by atoms with Crippen LogP contribution in [0.25, 0.3) is 0 Å². The average molecular weight is 396 g/mol. The van der Waals surface area contributed by atoms with Gasteiger partial charge in [0.1, 0.15) is 4.90 Å². The molecule has 0 radical (unpaired) electrons. The molecule has 1 amide bonds. The maximum absolute atomic E-state index is 12.2. The van der Waals surface area contributed by atoms with Gasteiger partial charge >= 0.3 is 0 Å². The van der Waals surface area contributed by atoms with E-state index in [0.717, 1.165) is 19.3 Å². The second-order valence-corrected chi connectivity index (χ2v) is 8.17. The molecule has 3 N–H and O–H groups in total. The minimum atomic E-state index is -3.99. The van der Waals surface area contributed by atoms with Crippen molar-refractivity contribution in [2.45, 2.75) is 31.1 Å². The molecule has 1 aliphatic rings. The van der Waals surface area contributed by atoms with Crippen molar-refractivity contribution in [3.05, 3.63) is 27.2 Å². The van der Waals surface area contributed by atoms with Crippen LogP contribution in [0.3, 0.4) is 0 Å². The first-order valence-electron chi connectivity index (χ1n) is 6.48. The Hall–Kier alpha value is -0.630. The van der Waals surface area contributed by atoms with E-state index in [1.165, 1.54) is 12.1 Å². The lowest BCUT2D eigenvalue weighted by molar-refractivity contribution is 0.0944. The van der Waals surface area contributed by atoms with Gasteiger partial charge in [0.15, 0.2) is 0 Å². The first kappa shape index (κ1) is 16.7. The molecule has 1 fully saturated rings. The van der Waals surface area contributed by atoms with Crippen LogP contribution in [0, 0.1) is 5.41 Å². The lowest BCUT2D eigenvalue weighted by Gasteiger charge is -2.15. The molecule has 1 aliphatic carbocycles. The molecule has 0 aliphatic heterocycles. The van der Waals surface area contributed by atoms with Gasteiger partial charge in [0.2, 0.25) is 10.0 Å². The summed E-state index contributed by atoms with van der Waals surface area (Å²) < 4.78 is 23.4. The third-order valence-corrected chi connectivity index (χ3v) is 5.80. The molecule has 5 nitrogen and oxygen atoms in total. The van der Waals surface area contributed by atoms with Crippen LogP contribution >= 0.6 is 27.5 Å². The summed E-state index contributed by atoms with van der Waals surface area (Å²) in [4.78, 5) is 12.0. The number of nitrogens with two attached hydrogens (primary N) is 1. The van der Waals surface area contributed by atoms with Crippen molar-refractivity contribution in [2.24, 2.45) is 10.6 Å². The van der Waals surface area contributed by atoms with E-state index >= 15 is 0 Å². The number of benzene rings is 1. The summed E-state index contributed by atoms with van der Waals surface area (Å²) >= 11 is 9.18. The van der Waals surface area contributed by atoms with Crippen molar-refractivity contribution in [1.29, 1.82) is 0 Å². The lowest BCUT2D eigenvalue weighted by atomic mass is 10.0. The van der Waals surface area contributed by atoms with Gasteiger partial charge in [0.25, 0.3) is 5.91 Å². The Morgan fingerprint density at radius 2 is 2.10 bits per heavy atom. The number of hydrogen-bond donors (Lipinski definition) is 2. The van der Waals surface area contributed by atoms with Crippen LogP contribution < -0.4 is 10.5 Å². The van der Waals surface area contributed by atoms with Gasteiger partial charge in [-0.3, -0.25) is 4.79 Å². The highest BCUT2D eigenvalue weighted by Crippen LogP contribution is 2.47. The summed E-state index contributed by atoms with van der Waals surface area (Å²) in [5.41, 5.74) is 0.290. The van der Waals surface area contributed by atoms with E-state index in [-0.39, 0.29) is 20.9 Å². The Kier molecular flexibility index (Phi) is 4.68. The number of hydrogen-bond acceptors (Lipinski definition) is 3. The molecule has 0 unspecified atom stereocenters. The average Bonchev–Trinajstić information content (AvgIpc) is 3.17. The Morgan fingerprint density at radius 3 is 2.57 bits per heavy atom. The largest absolute Gasteiger partial charge is 0.351 e. The highest BCUT2D eigenvalue weighted by molar-refractivity contribution is 9.10. The van der Waals surface area contributed by atoms with Crippen molar-refractivity contribution in [3.8, 4) is 0 Å². The molecule has 0 aromatic heterocycles. The van der Waals surface area contributed by atoms with Gasteiger partial charge in [0.05, 0.1) is 10.6 Å². The van der Waals surface area contributed by atoms with Crippen LogP contribution in [0.5, 0.6) is 0 Å². The fraction of sp³-hybridized carbons (Fsp3) is 0.462. The van der Waals surface area contributed by atoms with Crippen LogP contribution in [0.15, 0.2) is 21.5 Å². The fourth-order valence-electron chi connectivity index (χ4n) is 2.13. The summed E-state index contributed by atoms with van der Waals surface area (Å²) in [7, 11) is -3.99. The standard InChI is InChI=1S/C13H16BrClN2O3S/c1-2-13(3-4-13)7-17-12(18)9-5-8(14)6-10(11(9)15)21(16,19)20/h5-6H,2-4,7H2,1H3,(H,17,18)(H2,16,19,20). The smallest absolute Gasteiger partial charge is 0.252 e. The molecule has 116 valence electrons. The van der Waals surface area contributed by atoms with Crippen LogP contribution in [0.1, 0.15) is 36.5 Å². The predicted octanol–water partition coefficient (Wildman–Crippen LogP) is 2.67. The van der Waals surface area contributed by atoms with Gasteiger partial charge < -0.3 is 5.32 Å². The third-order valence-electron chi connectivity index (χ3n) is 3.89. The maximum atomic E-state index is 12.2. The van der Waals surface area contributed by atoms with Gasteiger partial charge in [-0.25, -0.2) is 13.6 Å². The number of rotatable bonds is 5. The molecule has 1 aromatic rings. The molecule has 1 aromatic carbocycles. The lowest BCUT2D eigenvalue weighted by Crippen LogP contribution is -2.30. The van der Waals surface area contributed by atoms with E-state index in [1.54, 1.807) is 0 Å². The summed E-state index contributed by atoms with van der Waals surface area (Å²) in [6, 6.07) is 2.76. The van der Waals surface area contributed by atoms with Gasteiger partial charge in [0, 0.05) is 11.0 Å². The molecule has 0 bridgehead atoms. The highest BCUT2D eigenvalue weighted by atomic mass is 79.9. The van der Waals surface area contributed by atoms with E-state index in [2.05, 4.69) is 28.2 Å². The van der Waals surface area contributed by atoms with Crippen molar-refractivity contribution in [3.63, 3.8) is 0 Å². The number of sulfonamides is 1. The van der Waals surface area contributed by atoms with Crippen molar-refractivity contribution in [1.82, 2.24) is 5.32 Å². The van der Waals surface area contributed by atoms with E-state index < -0.39 is 15.9 Å². The van der Waals surface area contributed by atoms with Crippen molar-refractivity contribution >= 4 is 43.5 Å². The van der Waals surface area contributed by atoms with E-state index in [9.17, 15) is 13.2 Å². The normalized spacial score (nSPS) is 16.6. The van der Waals surface area contributed by atoms with Gasteiger partial charge in [-0.15, -0.1) is 0 Å². The molecule has 0 atom stereocenters. The minimum absolute atomic E-state index is 0.0990. The third kappa shape index (κ3) is 3.77. The predicted molar refractivity (Wildman–Crippen MR) is 84.8 cm³/mol. The van der Waals surface area contributed by atoms with Crippen LogP contribution in [-0.2, 0) is 10.0 Å². The van der Waals surface area contributed by atoms with Gasteiger partial charge in [-0.1, -0.05) is 34.5 Å². The Labute approximate surface area is 137 Å². The molecule has 0 heterocycles. The Bertz CT molecular complexity index is 687. The Balaban J connectivity index is 2.27. The molecular weight excluding hydrogens is 380 g/mol. The molecule has 1 saturated carbocycles. The zero-order valence-corrected chi connectivity index (χ0v) is 14.6. The quantitative estimate of drug-likeness (QED) is 0.803. The second kappa shape index (κ2) is 5.87. The van der Waals surface area contributed by atoms with Crippen molar-refractivity contribution < 1.29 is 13.2 Å². The molecule has 0 spiro atoms. The molecule has 2 rings (SSSR count). The van der Waals surface area contributed by atoms with E-state index in [1.807, 2.05) is 0 Å². The number of carbonyl (C=O) groups excluding carboxylic acids is 1. The summed E-state index contributed by atoms with van der Waals surface area (Å²) in [6.07, 6.45) is 3.19. The van der Waals surface area contributed by atoms with E-state index in [4.69, 9.17) is 16.7 Å². The summed E-state index contributed by atoms with van der Waals surface area (Å²) in [5.74, 6) is -0.397. The number of amides is 1. The van der Waals surface area contributed by atoms with E-state index in [0.29, 0.717) is 11.0 Å². The number of carbonyl (C=O) groups is 1. The number of primary sulfonamides is 1. The summed E-state index contributed by atoms with van der Waals surface area (Å²) in [5, 5.41) is 7.77. The molecule has 0 saturated heterocycles.